The standard InChI is InChI=1S/C17H20Cl2N2O3/c18-11-7-12(19)9-14(8-11)21-16(23)10-15(17(21)24)20-5-2-1-3-13(20)4-6-22/h7-9,13,15,22H,1-6,10H2/t13-,15+/m1/s1. The maximum atomic E-state index is 12.9. The number of amides is 2. The molecule has 2 heterocycles. The Labute approximate surface area is 151 Å². The minimum absolute atomic E-state index is 0.0869. The molecule has 130 valence electrons. The number of carbonyl (C=O) groups is 2. The predicted octanol–water partition coefficient (Wildman–Crippen LogP) is 2.86. The molecule has 3 rings (SSSR count). The topological polar surface area (TPSA) is 60.9 Å². The van der Waals surface area contributed by atoms with E-state index >= 15 is 0 Å². The van der Waals surface area contributed by atoms with Gasteiger partial charge in [0.25, 0.3) is 5.91 Å². The van der Waals surface area contributed by atoms with E-state index in [4.69, 9.17) is 23.2 Å². The van der Waals surface area contributed by atoms with E-state index in [1.807, 2.05) is 0 Å². The van der Waals surface area contributed by atoms with Crippen molar-refractivity contribution >= 4 is 40.7 Å². The molecule has 1 aromatic rings. The summed E-state index contributed by atoms with van der Waals surface area (Å²) < 4.78 is 0. The predicted molar refractivity (Wildman–Crippen MR) is 93.4 cm³/mol. The lowest BCUT2D eigenvalue weighted by Crippen LogP contribution is -2.50. The first-order valence-electron chi connectivity index (χ1n) is 8.20. The first-order chi connectivity index (χ1) is 11.5. The van der Waals surface area contributed by atoms with Crippen LogP contribution in [0.4, 0.5) is 5.69 Å². The lowest BCUT2D eigenvalue weighted by molar-refractivity contribution is -0.123. The van der Waals surface area contributed by atoms with Crippen molar-refractivity contribution in [1.82, 2.24) is 4.90 Å². The van der Waals surface area contributed by atoms with Gasteiger partial charge in [-0.25, -0.2) is 4.90 Å². The molecule has 2 saturated heterocycles. The van der Waals surface area contributed by atoms with Crippen molar-refractivity contribution in [1.29, 1.82) is 0 Å². The number of halogens is 2. The molecule has 1 aromatic carbocycles. The zero-order valence-electron chi connectivity index (χ0n) is 13.3. The molecule has 2 atom stereocenters. The average molecular weight is 371 g/mol. The van der Waals surface area contributed by atoms with Crippen LogP contribution in [0.5, 0.6) is 0 Å². The fraction of sp³-hybridized carbons (Fsp3) is 0.529. The number of carbonyl (C=O) groups excluding carboxylic acids is 2. The maximum Gasteiger partial charge on any atom is 0.251 e. The van der Waals surface area contributed by atoms with E-state index in [9.17, 15) is 14.7 Å². The van der Waals surface area contributed by atoms with E-state index in [-0.39, 0.29) is 30.9 Å². The Morgan fingerprint density at radius 1 is 1.12 bits per heavy atom. The lowest BCUT2D eigenvalue weighted by Gasteiger charge is -2.38. The van der Waals surface area contributed by atoms with E-state index in [1.54, 1.807) is 18.2 Å². The molecule has 1 N–H and O–H groups in total. The molecule has 0 unspecified atom stereocenters. The van der Waals surface area contributed by atoms with E-state index in [0.717, 1.165) is 25.8 Å². The van der Waals surface area contributed by atoms with E-state index in [2.05, 4.69) is 4.90 Å². The molecular formula is C17H20Cl2N2O3. The van der Waals surface area contributed by atoms with Crippen molar-refractivity contribution in [2.75, 3.05) is 18.1 Å². The zero-order chi connectivity index (χ0) is 17.3. The summed E-state index contributed by atoms with van der Waals surface area (Å²) >= 11 is 12.0. The summed E-state index contributed by atoms with van der Waals surface area (Å²) in [4.78, 5) is 28.6. The normalized spacial score (nSPS) is 25.5. The number of anilines is 1. The van der Waals surface area contributed by atoms with E-state index in [0.29, 0.717) is 22.2 Å². The number of piperidine rings is 1. The molecule has 0 aliphatic carbocycles. The summed E-state index contributed by atoms with van der Waals surface area (Å²) in [5.74, 6) is -0.472. The Morgan fingerprint density at radius 3 is 2.50 bits per heavy atom. The fourth-order valence-corrected chi connectivity index (χ4v) is 4.22. The smallest absolute Gasteiger partial charge is 0.251 e. The average Bonchev–Trinajstić information content (AvgIpc) is 2.82. The Morgan fingerprint density at radius 2 is 1.83 bits per heavy atom. The number of aliphatic hydroxyl groups excluding tert-OH is 1. The van der Waals surface area contributed by atoms with Gasteiger partial charge in [0.15, 0.2) is 0 Å². The molecule has 0 bridgehead atoms. The van der Waals surface area contributed by atoms with Gasteiger partial charge in [-0.1, -0.05) is 29.6 Å². The van der Waals surface area contributed by atoms with Crippen LogP contribution in [-0.4, -0.2) is 47.1 Å². The third-order valence-electron chi connectivity index (χ3n) is 4.76. The van der Waals surface area contributed by atoms with Crippen LogP contribution in [-0.2, 0) is 9.59 Å². The number of benzene rings is 1. The lowest BCUT2D eigenvalue weighted by atomic mass is 9.97. The van der Waals surface area contributed by atoms with Gasteiger partial charge in [-0.2, -0.15) is 0 Å². The first-order valence-corrected chi connectivity index (χ1v) is 8.96. The molecular weight excluding hydrogens is 351 g/mol. The zero-order valence-corrected chi connectivity index (χ0v) is 14.8. The van der Waals surface area contributed by atoms with Crippen molar-refractivity contribution in [3.05, 3.63) is 28.2 Å². The van der Waals surface area contributed by atoms with Crippen LogP contribution in [0.2, 0.25) is 10.0 Å². The molecule has 2 fully saturated rings. The Bertz CT molecular complexity index is 630. The molecule has 5 nitrogen and oxygen atoms in total. The van der Waals surface area contributed by atoms with Crippen LogP contribution in [0, 0.1) is 0 Å². The van der Waals surface area contributed by atoms with Crippen LogP contribution < -0.4 is 4.90 Å². The summed E-state index contributed by atoms with van der Waals surface area (Å²) in [6.45, 7) is 0.863. The second-order valence-electron chi connectivity index (χ2n) is 6.31. The molecule has 0 saturated carbocycles. The second kappa shape index (κ2) is 7.40. The van der Waals surface area contributed by atoms with Gasteiger partial charge in [0.05, 0.1) is 18.2 Å². The number of hydrogen-bond acceptors (Lipinski definition) is 4. The van der Waals surface area contributed by atoms with Crippen molar-refractivity contribution < 1.29 is 14.7 Å². The van der Waals surface area contributed by atoms with Gasteiger partial charge in [-0.15, -0.1) is 0 Å². The van der Waals surface area contributed by atoms with Gasteiger partial charge in [-0.05, 0) is 44.0 Å². The molecule has 2 amide bonds. The Kier molecular flexibility index (Phi) is 5.45. The van der Waals surface area contributed by atoms with Crippen LogP contribution >= 0.6 is 23.2 Å². The van der Waals surface area contributed by atoms with Crippen LogP contribution in [0.3, 0.4) is 0 Å². The van der Waals surface area contributed by atoms with Crippen LogP contribution in [0.25, 0.3) is 0 Å². The quantitative estimate of drug-likeness (QED) is 0.827. The number of rotatable bonds is 4. The van der Waals surface area contributed by atoms with Gasteiger partial charge in [-0.3, -0.25) is 14.5 Å². The van der Waals surface area contributed by atoms with Gasteiger partial charge in [0, 0.05) is 22.7 Å². The highest BCUT2D eigenvalue weighted by Gasteiger charge is 2.45. The largest absolute Gasteiger partial charge is 0.396 e. The first kappa shape index (κ1) is 17.7. The highest BCUT2D eigenvalue weighted by Crippen LogP contribution is 2.33. The molecule has 2 aliphatic rings. The summed E-state index contributed by atoms with van der Waals surface area (Å²) in [6, 6.07) is 4.40. The third-order valence-corrected chi connectivity index (χ3v) is 5.20. The number of nitrogens with zero attached hydrogens (tertiary/aromatic N) is 2. The monoisotopic (exact) mass is 370 g/mol. The molecule has 0 radical (unpaired) electrons. The summed E-state index contributed by atoms with van der Waals surface area (Å²) in [7, 11) is 0. The van der Waals surface area contributed by atoms with Crippen LogP contribution in [0.15, 0.2) is 18.2 Å². The van der Waals surface area contributed by atoms with E-state index in [1.165, 1.54) is 4.90 Å². The van der Waals surface area contributed by atoms with Gasteiger partial charge >= 0.3 is 0 Å². The number of imide groups is 1. The third kappa shape index (κ3) is 3.45. The van der Waals surface area contributed by atoms with Gasteiger partial charge in [0.2, 0.25) is 5.91 Å². The minimum atomic E-state index is -0.466. The Balaban J connectivity index is 1.85. The SMILES string of the molecule is O=C1C[C@H](N2CCCC[C@@H]2CCO)C(=O)N1c1cc(Cl)cc(Cl)c1. The maximum absolute atomic E-state index is 12.9. The molecule has 24 heavy (non-hydrogen) atoms. The highest BCUT2D eigenvalue weighted by atomic mass is 35.5. The molecule has 7 heteroatoms. The Hall–Kier alpha value is -1.14. The van der Waals surface area contributed by atoms with Crippen molar-refractivity contribution in [2.45, 2.75) is 44.2 Å². The minimum Gasteiger partial charge on any atom is -0.396 e. The number of hydrogen-bond donors (Lipinski definition) is 1. The van der Waals surface area contributed by atoms with Gasteiger partial charge < -0.3 is 5.11 Å². The molecule has 0 spiro atoms. The summed E-state index contributed by atoms with van der Waals surface area (Å²) in [6.07, 6.45) is 3.82. The molecule has 0 aromatic heterocycles. The number of aliphatic hydroxyl groups is 1. The number of likely N-dealkylation sites (tertiary alicyclic amines) is 1. The summed E-state index contributed by atoms with van der Waals surface area (Å²) in [5.41, 5.74) is 0.417. The van der Waals surface area contributed by atoms with Crippen molar-refractivity contribution in [3.63, 3.8) is 0 Å². The van der Waals surface area contributed by atoms with Crippen molar-refractivity contribution in [2.24, 2.45) is 0 Å². The van der Waals surface area contributed by atoms with E-state index < -0.39 is 6.04 Å². The molecule has 2 aliphatic heterocycles. The fourth-order valence-electron chi connectivity index (χ4n) is 3.71. The highest BCUT2D eigenvalue weighted by molar-refractivity contribution is 6.35. The van der Waals surface area contributed by atoms with Gasteiger partial charge in [0.1, 0.15) is 0 Å². The van der Waals surface area contributed by atoms with Crippen LogP contribution in [0.1, 0.15) is 32.1 Å². The summed E-state index contributed by atoms with van der Waals surface area (Å²) in [5, 5.41) is 10.0. The van der Waals surface area contributed by atoms with Crippen molar-refractivity contribution in [3.8, 4) is 0 Å². The second-order valence-corrected chi connectivity index (χ2v) is 7.19.